The largest absolute Gasteiger partial charge is 0.506 e. The van der Waals surface area contributed by atoms with E-state index in [1.165, 1.54) is 0 Å². The van der Waals surface area contributed by atoms with Crippen LogP contribution in [-0.4, -0.2) is 21.4 Å². The topological polar surface area (TPSA) is 54.7 Å². The van der Waals surface area contributed by atoms with E-state index in [1.54, 1.807) is 18.3 Å². The molecule has 0 saturated carbocycles. The molecule has 1 heterocycles. The zero-order valence-electron chi connectivity index (χ0n) is 12.2. The van der Waals surface area contributed by atoms with Gasteiger partial charge in [-0.25, -0.2) is 0 Å². The molecule has 5 heteroatoms. The van der Waals surface area contributed by atoms with E-state index in [9.17, 15) is 5.11 Å². The Morgan fingerprint density at radius 2 is 2.00 bits per heavy atom. The second-order valence-corrected chi connectivity index (χ2v) is 6.44. The van der Waals surface area contributed by atoms with Crippen LogP contribution in [0.1, 0.15) is 32.0 Å². The fourth-order valence-electron chi connectivity index (χ4n) is 1.63. The standard InChI is InChI=1S/C16H17BrN2O2/c1-16(2,3)21-19-14(11-6-4-7-12(17)10-11)15-13(20)8-5-9-18-15/h4-10,20H,1-3H3/b19-14+. The molecule has 0 bridgehead atoms. The number of aromatic hydroxyl groups is 1. The Hall–Kier alpha value is -1.88. The number of rotatable bonds is 3. The summed E-state index contributed by atoms with van der Waals surface area (Å²) < 4.78 is 0.916. The van der Waals surface area contributed by atoms with Crippen molar-refractivity contribution in [3.8, 4) is 5.75 Å². The fraction of sp³-hybridized carbons (Fsp3) is 0.250. The number of nitrogens with zero attached hydrogens (tertiary/aromatic N) is 2. The maximum Gasteiger partial charge on any atom is 0.143 e. The van der Waals surface area contributed by atoms with E-state index in [4.69, 9.17) is 4.84 Å². The normalized spacial score (nSPS) is 12.3. The van der Waals surface area contributed by atoms with Crippen molar-refractivity contribution in [1.82, 2.24) is 4.98 Å². The molecule has 0 aliphatic rings. The molecule has 2 aromatic rings. The molecule has 1 aromatic heterocycles. The van der Waals surface area contributed by atoms with Gasteiger partial charge in [0.15, 0.2) is 0 Å². The zero-order valence-corrected chi connectivity index (χ0v) is 13.8. The summed E-state index contributed by atoms with van der Waals surface area (Å²) in [7, 11) is 0. The van der Waals surface area contributed by atoms with Gasteiger partial charge in [0.1, 0.15) is 22.8 Å². The van der Waals surface area contributed by atoms with Crippen molar-refractivity contribution in [3.05, 3.63) is 58.3 Å². The summed E-state index contributed by atoms with van der Waals surface area (Å²) in [6.45, 7) is 5.73. The quantitative estimate of drug-likeness (QED) is 0.670. The zero-order chi connectivity index (χ0) is 15.5. The molecule has 0 atom stereocenters. The molecular weight excluding hydrogens is 332 g/mol. The lowest BCUT2D eigenvalue weighted by Crippen LogP contribution is -2.18. The van der Waals surface area contributed by atoms with Gasteiger partial charge >= 0.3 is 0 Å². The first-order valence-corrected chi connectivity index (χ1v) is 7.32. The number of benzene rings is 1. The maximum absolute atomic E-state index is 10.0. The third-order valence-electron chi connectivity index (χ3n) is 2.52. The third-order valence-corrected chi connectivity index (χ3v) is 3.01. The Morgan fingerprint density at radius 1 is 1.24 bits per heavy atom. The first-order valence-electron chi connectivity index (χ1n) is 6.53. The van der Waals surface area contributed by atoms with Gasteiger partial charge in [0.25, 0.3) is 0 Å². The van der Waals surface area contributed by atoms with Crippen LogP contribution in [0.15, 0.2) is 52.2 Å². The second-order valence-electron chi connectivity index (χ2n) is 5.53. The molecule has 0 saturated heterocycles. The Bertz CT molecular complexity index is 663. The molecule has 0 radical (unpaired) electrons. The smallest absolute Gasteiger partial charge is 0.143 e. The first-order chi connectivity index (χ1) is 9.87. The highest BCUT2D eigenvalue weighted by Crippen LogP contribution is 2.22. The number of aromatic nitrogens is 1. The van der Waals surface area contributed by atoms with Crippen LogP contribution in [0, 0.1) is 0 Å². The van der Waals surface area contributed by atoms with E-state index in [-0.39, 0.29) is 5.75 Å². The van der Waals surface area contributed by atoms with E-state index in [0.29, 0.717) is 11.4 Å². The van der Waals surface area contributed by atoms with Crippen molar-refractivity contribution < 1.29 is 9.94 Å². The number of hydrogen-bond donors (Lipinski definition) is 1. The van der Waals surface area contributed by atoms with Gasteiger partial charge in [-0.2, -0.15) is 0 Å². The molecule has 21 heavy (non-hydrogen) atoms. The van der Waals surface area contributed by atoms with Crippen LogP contribution in [0.25, 0.3) is 0 Å². The Morgan fingerprint density at radius 3 is 2.62 bits per heavy atom. The van der Waals surface area contributed by atoms with Gasteiger partial charge in [-0.1, -0.05) is 33.2 Å². The van der Waals surface area contributed by atoms with Crippen LogP contribution < -0.4 is 0 Å². The van der Waals surface area contributed by atoms with Crippen LogP contribution in [0.5, 0.6) is 5.75 Å². The summed E-state index contributed by atoms with van der Waals surface area (Å²) in [5, 5.41) is 14.2. The lowest BCUT2D eigenvalue weighted by Gasteiger charge is -2.17. The lowest BCUT2D eigenvalue weighted by atomic mass is 10.1. The SMILES string of the molecule is CC(C)(C)O/N=C(\c1cccc(Br)c1)c1ncccc1O. The van der Waals surface area contributed by atoms with Gasteiger partial charge in [-0.15, -0.1) is 0 Å². The van der Waals surface area contributed by atoms with Gasteiger partial charge in [0.05, 0.1) is 0 Å². The van der Waals surface area contributed by atoms with Crippen molar-refractivity contribution in [2.24, 2.45) is 5.16 Å². The van der Waals surface area contributed by atoms with Crippen LogP contribution >= 0.6 is 15.9 Å². The summed E-state index contributed by atoms with van der Waals surface area (Å²) in [6, 6.07) is 10.9. The highest BCUT2D eigenvalue weighted by atomic mass is 79.9. The average Bonchev–Trinajstić information content (AvgIpc) is 2.40. The molecule has 2 rings (SSSR count). The van der Waals surface area contributed by atoms with Crippen LogP contribution in [0.4, 0.5) is 0 Å². The molecule has 0 spiro atoms. The highest BCUT2D eigenvalue weighted by Gasteiger charge is 2.17. The fourth-order valence-corrected chi connectivity index (χ4v) is 2.03. The van der Waals surface area contributed by atoms with Gasteiger partial charge in [-0.3, -0.25) is 4.98 Å². The molecule has 0 aliphatic heterocycles. The summed E-state index contributed by atoms with van der Waals surface area (Å²) in [4.78, 5) is 9.73. The molecule has 0 amide bonds. The van der Waals surface area contributed by atoms with Crippen molar-refractivity contribution in [3.63, 3.8) is 0 Å². The van der Waals surface area contributed by atoms with Crippen molar-refractivity contribution in [2.45, 2.75) is 26.4 Å². The van der Waals surface area contributed by atoms with Crippen LogP contribution in [0.2, 0.25) is 0 Å². The van der Waals surface area contributed by atoms with E-state index in [1.807, 2.05) is 45.0 Å². The predicted molar refractivity (Wildman–Crippen MR) is 86.5 cm³/mol. The number of oxime groups is 1. The molecule has 1 N–H and O–H groups in total. The van der Waals surface area contributed by atoms with Crippen molar-refractivity contribution in [2.75, 3.05) is 0 Å². The van der Waals surface area contributed by atoms with E-state index in [0.717, 1.165) is 10.0 Å². The molecule has 0 unspecified atom stereocenters. The minimum Gasteiger partial charge on any atom is -0.506 e. The minimum absolute atomic E-state index is 0.0636. The number of halogens is 1. The average molecular weight is 349 g/mol. The van der Waals surface area contributed by atoms with E-state index < -0.39 is 5.60 Å². The highest BCUT2D eigenvalue weighted by molar-refractivity contribution is 9.10. The predicted octanol–water partition coefficient (Wildman–Crippen LogP) is 4.12. The molecular formula is C16H17BrN2O2. The Labute approximate surface area is 132 Å². The molecule has 0 aliphatic carbocycles. The van der Waals surface area contributed by atoms with E-state index in [2.05, 4.69) is 26.1 Å². The monoisotopic (exact) mass is 348 g/mol. The van der Waals surface area contributed by atoms with Gasteiger partial charge in [0, 0.05) is 16.2 Å². The second kappa shape index (κ2) is 6.26. The minimum atomic E-state index is -0.429. The lowest BCUT2D eigenvalue weighted by molar-refractivity contribution is 0.00111. The van der Waals surface area contributed by atoms with Crippen molar-refractivity contribution >= 4 is 21.6 Å². The summed E-state index contributed by atoms with van der Waals surface area (Å²) >= 11 is 3.43. The third kappa shape index (κ3) is 4.29. The Balaban J connectivity index is 2.52. The molecule has 0 fully saturated rings. The number of hydrogen-bond acceptors (Lipinski definition) is 4. The van der Waals surface area contributed by atoms with Gasteiger partial charge in [0.2, 0.25) is 0 Å². The summed E-state index contributed by atoms with van der Waals surface area (Å²) in [6.07, 6.45) is 1.61. The molecule has 110 valence electrons. The molecule has 4 nitrogen and oxygen atoms in total. The molecule has 1 aromatic carbocycles. The number of pyridine rings is 1. The van der Waals surface area contributed by atoms with Crippen molar-refractivity contribution in [1.29, 1.82) is 0 Å². The van der Waals surface area contributed by atoms with Crippen LogP contribution in [0.3, 0.4) is 0 Å². The Kier molecular flexibility index (Phi) is 4.63. The van der Waals surface area contributed by atoms with Gasteiger partial charge < -0.3 is 9.94 Å². The van der Waals surface area contributed by atoms with Gasteiger partial charge in [-0.05, 0) is 45.0 Å². The van der Waals surface area contributed by atoms with Crippen LogP contribution in [-0.2, 0) is 4.84 Å². The maximum atomic E-state index is 10.0. The first kappa shape index (κ1) is 15.5. The summed E-state index contributed by atoms with van der Waals surface area (Å²) in [5.74, 6) is 0.0636. The summed E-state index contributed by atoms with van der Waals surface area (Å²) in [5.41, 5.74) is 1.26. The van der Waals surface area contributed by atoms with E-state index >= 15 is 0 Å².